The molecule has 1 N–H and O–H groups in total. The summed E-state index contributed by atoms with van der Waals surface area (Å²) in [5.74, 6) is -0.130. The topological polar surface area (TPSA) is 40.2 Å². The Morgan fingerprint density at radius 2 is 2.04 bits per heavy atom. The maximum atomic E-state index is 13.9. The molecular weight excluding hydrogens is 293 g/mol. The minimum Gasteiger partial charge on any atom is -0.313 e. The largest absolute Gasteiger partial charge is 0.313 e. The Morgan fingerprint density at radius 1 is 1.39 bits per heavy atom. The second kappa shape index (κ2) is 6.38. The van der Waals surface area contributed by atoms with Crippen LogP contribution in [0.25, 0.3) is 4.95 Å². The standard InChI is InChI=1S/C18H24FN3O/c1-17(2)12-14(18(3,4)22(17)23)11-15(21-20-5)10-13-8-6-7-9-16(13)19/h6-9,14,23H,10-12H2,1-4H3/b21-15+. The van der Waals surface area contributed by atoms with Crippen LogP contribution in [0.5, 0.6) is 0 Å². The van der Waals surface area contributed by atoms with Gasteiger partial charge in [-0.25, -0.2) is 4.39 Å². The molecule has 23 heavy (non-hydrogen) atoms. The van der Waals surface area contributed by atoms with Crippen LogP contribution in [0.2, 0.25) is 0 Å². The van der Waals surface area contributed by atoms with Crippen molar-refractivity contribution in [2.24, 2.45) is 11.0 Å². The highest BCUT2D eigenvalue weighted by Gasteiger charge is 2.51. The molecule has 1 unspecified atom stereocenters. The second-order valence-corrected chi connectivity index (χ2v) is 7.42. The number of halogens is 1. The second-order valence-electron chi connectivity index (χ2n) is 7.42. The van der Waals surface area contributed by atoms with Gasteiger partial charge in [-0.3, -0.25) is 0 Å². The first-order valence-corrected chi connectivity index (χ1v) is 7.83. The first-order chi connectivity index (χ1) is 10.7. The van der Waals surface area contributed by atoms with E-state index in [0.717, 1.165) is 6.42 Å². The van der Waals surface area contributed by atoms with Gasteiger partial charge < -0.3 is 5.21 Å². The number of hydroxylamine groups is 2. The lowest BCUT2D eigenvalue weighted by atomic mass is 9.82. The number of rotatable bonds is 4. The molecule has 124 valence electrons. The van der Waals surface area contributed by atoms with Crippen LogP contribution in [0, 0.1) is 18.3 Å². The summed E-state index contributed by atoms with van der Waals surface area (Å²) < 4.78 is 13.9. The molecule has 0 spiro atoms. The molecule has 1 atom stereocenters. The van der Waals surface area contributed by atoms with E-state index in [0.29, 0.717) is 24.1 Å². The molecule has 1 aromatic rings. The normalized spacial score (nSPS) is 23.7. The fourth-order valence-electron chi connectivity index (χ4n) is 3.58. The molecule has 0 radical (unpaired) electrons. The van der Waals surface area contributed by atoms with Crippen molar-refractivity contribution < 1.29 is 9.60 Å². The molecule has 1 saturated heterocycles. The van der Waals surface area contributed by atoms with Crippen molar-refractivity contribution >= 4 is 5.71 Å². The number of hydrogen-bond acceptors (Lipinski definition) is 3. The third kappa shape index (κ3) is 3.60. The maximum Gasteiger partial charge on any atom is 0.126 e. The van der Waals surface area contributed by atoms with Crippen molar-refractivity contribution in [3.8, 4) is 0 Å². The molecule has 5 heteroatoms. The van der Waals surface area contributed by atoms with Crippen LogP contribution >= 0.6 is 0 Å². The van der Waals surface area contributed by atoms with Crippen molar-refractivity contribution in [2.45, 2.75) is 58.0 Å². The van der Waals surface area contributed by atoms with E-state index in [4.69, 9.17) is 6.57 Å². The van der Waals surface area contributed by atoms with E-state index in [1.165, 1.54) is 11.1 Å². The predicted molar refractivity (Wildman–Crippen MR) is 88.6 cm³/mol. The predicted octanol–water partition coefficient (Wildman–Crippen LogP) is 4.30. The lowest BCUT2D eigenvalue weighted by Crippen LogP contribution is -2.47. The van der Waals surface area contributed by atoms with Crippen LogP contribution in [-0.2, 0) is 6.42 Å². The number of benzene rings is 1. The highest BCUT2D eigenvalue weighted by molar-refractivity contribution is 5.87. The first-order valence-electron chi connectivity index (χ1n) is 7.83. The maximum absolute atomic E-state index is 13.9. The van der Waals surface area contributed by atoms with Gasteiger partial charge in [0.25, 0.3) is 0 Å². The SMILES string of the molecule is [C-]#[N+]/N=C(\Cc1ccccc1F)CC1CC(C)(C)N(O)C1(C)C. The first kappa shape index (κ1) is 17.6. The van der Waals surface area contributed by atoms with Gasteiger partial charge >= 0.3 is 0 Å². The molecule has 0 bridgehead atoms. The monoisotopic (exact) mass is 317 g/mol. The van der Waals surface area contributed by atoms with Gasteiger partial charge in [0.15, 0.2) is 0 Å². The molecule has 4 nitrogen and oxygen atoms in total. The van der Waals surface area contributed by atoms with Gasteiger partial charge in [-0.15, -0.1) is 4.95 Å². The van der Waals surface area contributed by atoms with Gasteiger partial charge in [-0.1, -0.05) is 18.2 Å². The summed E-state index contributed by atoms with van der Waals surface area (Å²) in [6, 6.07) is 6.57. The van der Waals surface area contributed by atoms with E-state index in [1.54, 1.807) is 18.2 Å². The van der Waals surface area contributed by atoms with E-state index >= 15 is 0 Å². The van der Waals surface area contributed by atoms with Crippen LogP contribution in [0.15, 0.2) is 29.4 Å². The quantitative estimate of drug-likeness (QED) is 0.511. The number of nitrogens with zero attached hydrogens (tertiary/aromatic N) is 3. The average Bonchev–Trinajstić information content (AvgIpc) is 2.62. The van der Waals surface area contributed by atoms with Gasteiger partial charge in [-0.05, 0) is 58.1 Å². The molecule has 0 saturated carbocycles. The van der Waals surface area contributed by atoms with Crippen molar-refractivity contribution in [3.63, 3.8) is 0 Å². The third-order valence-corrected chi connectivity index (χ3v) is 4.89. The molecule has 0 aromatic heterocycles. The van der Waals surface area contributed by atoms with Crippen molar-refractivity contribution in [3.05, 3.63) is 47.2 Å². The van der Waals surface area contributed by atoms with Crippen molar-refractivity contribution in [2.75, 3.05) is 0 Å². The molecule has 1 heterocycles. The zero-order chi connectivity index (χ0) is 17.3. The van der Waals surface area contributed by atoms with Gasteiger partial charge in [0.2, 0.25) is 0 Å². The molecule has 0 amide bonds. The summed E-state index contributed by atoms with van der Waals surface area (Å²) >= 11 is 0. The Bertz CT molecular complexity index is 646. The van der Waals surface area contributed by atoms with E-state index in [-0.39, 0.29) is 17.3 Å². The molecule has 1 aliphatic rings. The molecule has 1 fully saturated rings. The number of hydrogen-bond donors (Lipinski definition) is 1. The van der Waals surface area contributed by atoms with Crippen LogP contribution in [0.4, 0.5) is 4.39 Å². The Hall–Kier alpha value is -1.77. The summed E-state index contributed by atoms with van der Waals surface area (Å²) in [4.78, 5) is 3.15. The lowest BCUT2D eigenvalue weighted by molar-refractivity contribution is -0.196. The molecular formula is C18H24FN3O. The van der Waals surface area contributed by atoms with Gasteiger partial charge in [-0.2, -0.15) is 11.6 Å². The fraction of sp³-hybridized carbons (Fsp3) is 0.556. The fourth-order valence-corrected chi connectivity index (χ4v) is 3.58. The van der Waals surface area contributed by atoms with E-state index < -0.39 is 5.54 Å². The Labute approximate surface area is 137 Å². The Kier molecular flexibility index (Phi) is 4.88. The minimum atomic E-state index is -0.415. The van der Waals surface area contributed by atoms with E-state index in [9.17, 15) is 9.60 Å². The third-order valence-electron chi connectivity index (χ3n) is 4.89. The minimum absolute atomic E-state index is 0.148. The highest BCUT2D eigenvalue weighted by atomic mass is 19.1. The average molecular weight is 317 g/mol. The highest BCUT2D eigenvalue weighted by Crippen LogP contribution is 2.45. The molecule has 2 rings (SSSR count). The van der Waals surface area contributed by atoms with Crippen molar-refractivity contribution in [1.82, 2.24) is 5.06 Å². The molecule has 1 aromatic carbocycles. The molecule has 0 aliphatic carbocycles. The Morgan fingerprint density at radius 3 is 2.57 bits per heavy atom. The zero-order valence-corrected chi connectivity index (χ0v) is 14.2. The summed E-state index contributed by atoms with van der Waals surface area (Å²) in [6.07, 6.45) is 1.70. The van der Waals surface area contributed by atoms with Crippen LogP contribution in [0.1, 0.15) is 46.1 Å². The smallest absolute Gasteiger partial charge is 0.126 e. The Balaban J connectivity index is 2.20. The van der Waals surface area contributed by atoms with E-state index in [2.05, 4.69) is 10.1 Å². The summed E-state index contributed by atoms with van der Waals surface area (Å²) in [7, 11) is 0. The van der Waals surface area contributed by atoms with Gasteiger partial charge in [0, 0.05) is 17.5 Å². The summed E-state index contributed by atoms with van der Waals surface area (Å²) in [6.45, 7) is 15.0. The zero-order valence-electron chi connectivity index (χ0n) is 14.2. The van der Waals surface area contributed by atoms with Crippen molar-refractivity contribution in [1.29, 1.82) is 0 Å². The lowest BCUT2D eigenvalue weighted by Gasteiger charge is -2.36. The van der Waals surface area contributed by atoms with E-state index in [1.807, 2.05) is 27.7 Å². The van der Waals surface area contributed by atoms with Crippen LogP contribution < -0.4 is 0 Å². The van der Waals surface area contributed by atoms with Crippen LogP contribution in [-0.4, -0.2) is 27.1 Å². The van der Waals surface area contributed by atoms with Crippen LogP contribution in [0.3, 0.4) is 0 Å². The van der Waals surface area contributed by atoms with Gasteiger partial charge in [0.1, 0.15) is 11.5 Å². The summed E-state index contributed by atoms with van der Waals surface area (Å²) in [5.41, 5.74) is 0.469. The summed E-state index contributed by atoms with van der Waals surface area (Å²) in [5, 5.41) is 15.7. The van der Waals surface area contributed by atoms with Gasteiger partial charge in [0.05, 0.1) is 5.10 Å². The molecule has 1 aliphatic heterocycles.